The van der Waals surface area contributed by atoms with E-state index in [-0.39, 0.29) is 37.3 Å². The Morgan fingerprint density at radius 1 is 1.00 bits per heavy atom. The highest BCUT2D eigenvalue weighted by atomic mass is 35.5. The highest BCUT2D eigenvalue weighted by Gasteiger charge is 2.53. The number of carbonyl (C=O) groups excluding carboxylic acids is 1. The molecule has 18 atom stereocenters. The molecule has 1 aromatic heterocycles. The Balaban J connectivity index is 1.88. The molecule has 346 valence electrons. The van der Waals surface area contributed by atoms with E-state index in [9.17, 15) is 25.2 Å². The SMILES string of the molecule is CC[C@H]1OC(=O)[C@H](C)[C@@H](O[C@H]2C[C@@](C)(OC)[C@@H](O)[C@H](C)O2)[C@H](C)[C@@H](O[C@@H]2O[C@H](C)C[C@H](N(C)C)[C@H]2Oc2cnc(Cl)cc2C)[C@](C)(O)C[C@@H](C)CN(C)[C@H](C)[C@@H](O)[C@]1(C)O. The Bertz CT molecular complexity index is 1560. The summed E-state index contributed by atoms with van der Waals surface area (Å²) in [7, 11) is 7.31. The van der Waals surface area contributed by atoms with Crippen LogP contribution in [-0.2, 0) is 33.2 Å². The van der Waals surface area contributed by atoms with E-state index in [1.807, 2.05) is 60.7 Å². The molecule has 0 amide bonds. The Morgan fingerprint density at radius 3 is 2.23 bits per heavy atom. The lowest BCUT2D eigenvalue weighted by Crippen LogP contribution is -2.61. The average Bonchev–Trinajstić information content (AvgIpc) is 3.16. The molecule has 3 aliphatic heterocycles. The molecule has 0 bridgehead atoms. The number of rotatable bonds is 9. The number of likely N-dealkylation sites (N-methyl/N-ethyl adjacent to an activating group) is 2. The van der Waals surface area contributed by atoms with Gasteiger partial charge in [0.25, 0.3) is 0 Å². The summed E-state index contributed by atoms with van der Waals surface area (Å²) in [6.07, 6.45) is -6.28. The summed E-state index contributed by atoms with van der Waals surface area (Å²) in [6, 6.07) is 0.984. The number of carbonyl (C=O) groups is 1. The first-order valence-corrected chi connectivity index (χ1v) is 22.0. The van der Waals surface area contributed by atoms with Crippen molar-refractivity contribution in [3.05, 3.63) is 23.0 Å². The van der Waals surface area contributed by atoms with E-state index in [2.05, 4.69) is 9.88 Å². The minimum Gasteiger partial charge on any atom is -0.482 e. The zero-order valence-electron chi connectivity index (χ0n) is 38.6. The normalized spacial score (nSPS) is 44.5. The van der Waals surface area contributed by atoms with E-state index in [0.717, 1.165) is 5.56 Å². The highest BCUT2D eigenvalue weighted by molar-refractivity contribution is 6.29. The number of cyclic esters (lactones) is 1. The Kier molecular flexibility index (Phi) is 17.3. The standard InChI is InChI=1S/C44H76ClN3O12/c1-16-32-44(11,53)37(49)28(7)48(14)22-23(2)19-42(9,52)39(26(5)35(27(6)40(51)58-32)59-34-20-43(10,54-15)38(50)29(8)56-34)60-41-36(30(47(12)13)18-25(4)55-41)57-31-21-46-33(45)17-24(31)3/h17,21,23,25-30,32,34-39,41,49-50,52-53H,16,18-20,22H2,1-15H3/t23-,25-,26+,27-,28-,29+,30+,32-,34+,35+,36-,37-,38+,39-,41+,42-,43-,44-/m1/s1. The third-order valence-corrected chi connectivity index (χ3v) is 13.7. The van der Waals surface area contributed by atoms with Crippen LogP contribution in [0.1, 0.15) is 100 Å². The van der Waals surface area contributed by atoms with Gasteiger partial charge in [-0.25, -0.2) is 4.98 Å². The van der Waals surface area contributed by atoms with Crippen LogP contribution in [-0.4, -0.2) is 166 Å². The molecule has 3 fully saturated rings. The van der Waals surface area contributed by atoms with Crippen molar-refractivity contribution in [2.45, 2.75) is 192 Å². The minimum absolute atomic E-state index is 0.125. The number of esters is 1. The van der Waals surface area contributed by atoms with Crippen LogP contribution >= 0.6 is 11.6 Å². The third kappa shape index (κ3) is 11.5. The van der Waals surface area contributed by atoms with Crippen molar-refractivity contribution in [2.24, 2.45) is 17.8 Å². The minimum atomic E-state index is -1.82. The van der Waals surface area contributed by atoms with Crippen LogP contribution in [0.15, 0.2) is 12.3 Å². The van der Waals surface area contributed by atoms with Crippen molar-refractivity contribution in [3.8, 4) is 5.75 Å². The average molecular weight is 875 g/mol. The fraction of sp³-hybridized carbons (Fsp3) is 0.864. The topological polar surface area (TPSA) is 182 Å². The van der Waals surface area contributed by atoms with Crippen molar-refractivity contribution in [2.75, 3.05) is 34.8 Å². The molecule has 3 aliphatic rings. The molecule has 0 radical (unpaired) electrons. The molecule has 0 aromatic carbocycles. The molecule has 0 unspecified atom stereocenters. The van der Waals surface area contributed by atoms with E-state index >= 15 is 0 Å². The second-order valence-corrected chi connectivity index (χ2v) is 19.4. The van der Waals surface area contributed by atoms with Crippen molar-refractivity contribution < 1.29 is 58.4 Å². The summed E-state index contributed by atoms with van der Waals surface area (Å²) in [5.41, 5.74) is -3.66. The predicted molar refractivity (Wildman–Crippen MR) is 227 cm³/mol. The molecule has 15 nitrogen and oxygen atoms in total. The summed E-state index contributed by atoms with van der Waals surface area (Å²) in [5, 5.41) is 47.7. The highest BCUT2D eigenvalue weighted by Crippen LogP contribution is 2.41. The van der Waals surface area contributed by atoms with Crippen molar-refractivity contribution in [3.63, 3.8) is 0 Å². The van der Waals surface area contributed by atoms with Gasteiger partial charge >= 0.3 is 5.97 Å². The van der Waals surface area contributed by atoms with Gasteiger partial charge < -0.3 is 63.4 Å². The first-order valence-electron chi connectivity index (χ1n) is 21.6. The van der Waals surface area contributed by atoms with Crippen LogP contribution in [0.2, 0.25) is 5.15 Å². The molecule has 0 spiro atoms. The number of hydrogen-bond donors (Lipinski definition) is 4. The fourth-order valence-corrected chi connectivity index (χ4v) is 9.84. The number of aliphatic hydroxyl groups is 4. The lowest BCUT2D eigenvalue weighted by Gasteiger charge is -2.49. The van der Waals surface area contributed by atoms with E-state index in [1.54, 1.807) is 46.9 Å². The summed E-state index contributed by atoms with van der Waals surface area (Å²) in [5.74, 6) is -2.13. The van der Waals surface area contributed by atoms with Gasteiger partial charge in [-0.3, -0.25) is 4.79 Å². The maximum Gasteiger partial charge on any atom is 0.311 e. The quantitative estimate of drug-likeness (QED) is 0.203. The molecule has 0 saturated carbocycles. The summed E-state index contributed by atoms with van der Waals surface area (Å²) < 4.78 is 45.5. The smallest absolute Gasteiger partial charge is 0.311 e. The molecule has 1 aromatic rings. The van der Waals surface area contributed by atoms with E-state index < -0.39 is 96.0 Å². The number of ether oxygens (including phenoxy) is 7. The molecule has 3 saturated heterocycles. The number of hydrogen-bond acceptors (Lipinski definition) is 15. The van der Waals surface area contributed by atoms with Gasteiger partial charge in [-0.15, -0.1) is 0 Å². The summed E-state index contributed by atoms with van der Waals surface area (Å²) in [6.45, 7) is 20.1. The largest absolute Gasteiger partial charge is 0.482 e. The number of aromatic nitrogens is 1. The fourth-order valence-electron chi connectivity index (χ4n) is 9.63. The number of nitrogens with zero attached hydrogens (tertiary/aromatic N) is 3. The molecule has 0 aliphatic carbocycles. The van der Waals surface area contributed by atoms with Gasteiger partial charge in [0.05, 0.1) is 53.8 Å². The van der Waals surface area contributed by atoms with E-state index in [1.165, 1.54) is 14.0 Å². The summed E-state index contributed by atoms with van der Waals surface area (Å²) >= 11 is 6.22. The van der Waals surface area contributed by atoms with Crippen LogP contribution in [0.25, 0.3) is 0 Å². The molecule has 60 heavy (non-hydrogen) atoms. The van der Waals surface area contributed by atoms with Gasteiger partial charge in [0.2, 0.25) is 0 Å². The number of aryl methyl sites for hydroxylation is 1. The summed E-state index contributed by atoms with van der Waals surface area (Å²) in [4.78, 5) is 22.7. The van der Waals surface area contributed by atoms with Gasteiger partial charge in [0.1, 0.15) is 34.8 Å². The van der Waals surface area contributed by atoms with E-state index in [4.69, 9.17) is 44.8 Å². The van der Waals surface area contributed by atoms with Crippen LogP contribution in [0.4, 0.5) is 0 Å². The molecule has 4 rings (SSSR count). The Hall–Kier alpha value is -1.73. The number of pyridine rings is 1. The monoisotopic (exact) mass is 874 g/mol. The zero-order chi connectivity index (χ0) is 45.2. The molecule has 16 heteroatoms. The van der Waals surface area contributed by atoms with Crippen LogP contribution in [0.5, 0.6) is 5.75 Å². The lowest BCUT2D eigenvalue weighted by molar-refractivity contribution is -0.316. The number of aliphatic hydroxyl groups excluding tert-OH is 2. The van der Waals surface area contributed by atoms with Crippen molar-refractivity contribution in [1.82, 2.24) is 14.8 Å². The van der Waals surface area contributed by atoms with Crippen molar-refractivity contribution in [1.29, 1.82) is 0 Å². The Labute approximate surface area is 363 Å². The van der Waals surface area contributed by atoms with Gasteiger partial charge in [0.15, 0.2) is 18.7 Å². The maximum absolute atomic E-state index is 14.5. The number of methoxy groups -OCH3 is 1. The van der Waals surface area contributed by atoms with Crippen LogP contribution in [0, 0.1) is 24.7 Å². The molecular formula is C44H76ClN3O12. The van der Waals surface area contributed by atoms with Gasteiger partial charge in [0, 0.05) is 32.0 Å². The lowest BCUT2D eigenvalue weighted by atomic mass is 9.77. The second kappa shape index (κ2) is 20.4. The molecule has 4 N–H and O–H groups in total. The third-order valence-electron chi connectivity index (χ3n) is 13.5. The van der Waals surface area contributed by atoms with E-state index in [0.29, 0.717) is 23.9 Å². The molecule has 4 heterocycles. The first-order chi connectivity index (χ1) is 27.8. The van der Waals surface area contributed by atoms with Gasteiger partial charge in [-0.2, -0.15) is 0 Å². The Morgan fingerprint density at radius 2 is 1.65 bits per heavy atom. The first kappa shape index (κ1) is 50.9. The number of halogens is 1. The van der Waals surface area contributed by atoms with Crippen molar-refractivity contribution >= 4 is 17.6 Å². The molecular weight excluding hydrogens is 798 g/mol. The zero-order valence-corrected chi connectivity index (χ0v) is 39.4. The maximum atomic E-state index is 14.5. The van der Waals surface area contributed by atoms with Gasteiger partial charge in [-0.1, -0.05) is 32.4 Å². The van der Waals surface area contributed by atoms with Crippen LogP contribution < -0.4 is 4.74 Å². The van der Waals surface area contributed by atoms with Crippen LogP contribution in [0.3, 0.4) is 0 Å². The predicted octanol–water partition coefficient (Wildman–Crippen LogP) is 4.34. The van der Waals surface area contributed by atoms with Gasteiger partial charge in [-0.05, 0) is 113 Å². The second-order valence-electron chi connectivity index (χ2n) is 19.0.